The third-order valence-electron chi connectivity index (χ3n) is 3.93. The summed E-state index contributed by atoms with van der Waals surface area (Å²) >= 11 is 5.18. The van der Waals surface area contributed by atoms with Crippen LogP contribution in [0, 0.1) is 5.92 Å². The number of ether oxygens (including phenoxy) is 1. The van der Waals surface area contributed by atoms with Gasteiger partial charge >= 0.3 is 0 Å². The van der Waals surface area contributed by atoms with Crippen molar-refractivity contribution in [2.75, 3.05) is 6.61 Å². The van der Waals surface area contributed by atoms with Crippen molar-refractivity contribution in [1.82, 2.24) is 5.32 Å². The van der Waals surface area contributed by atoms with E-state index in [1.54, 1.807) is 0 Å². The fraction of sp³-hybridized carbons (Fsp3) is 0.857. The highest BCUT2D eigenvalue weighted by molar-refractivity contribution is 7.80. The van der Waals surface area contributed by atoms with Crippen molar-refractivity contribution in [2.45, 2.75) is 64.5 Å². The Labute approximate surface area is 121 Å². The lowest BCUT2D eigenvalue weighted by molar-refractivity contribution is -0.128. The van der Waals surface area contributed by atoms with Crippen molar-refractivity contribution < 1.29 is 9.53 Å². The fourth-order valence-electron chi connectivity index (χ4n) is 2.56. The molecule has 19 heavy (non-hydrogen) atoms. The highest BCUT2D eigenvalue weighted by Crippen LogP contribution is 2.34. The summed E-state index contributed by atoms with van der Waals surface area (Å²) in [6, 6.07) is 0. The Morgan fingerprint density at radius 3 is 2.47 bits per heavy atom. The average molecular weight is 286 g/mol. The zero-order chi connectivity index (χ0) is 14.5. The van der Waals surface area contributed by atoms with Gasteiger partial charge in [0.05, 0.1) is 16.6 Å². The molecule has 0 bridgehead atoms. The molecule has 0 spiro atoms. The quantitative estimate of drug-likeness (QED) is 0.734. The summed E-state index contributed by atoms with van der Waals surface area (Å²) in [6.07, 6.45) is 5.04. The highest BCUT2D eigenvalue weighted by Gasteiger charge is 2.38. The van der Waals surface area contributed by atoms with Crippen LogP contribution < -0.4 is 11.1 Å². The Bertz CT molecular complexity index is 323. The highest BCUT2D eigenvalue weighted by atomic mass is 32.1. The lowest BCUT2D eigenvalue weighted by Crippen LogP contribution is -2.59. The maximum atomic E-state index is 11.9. The molecule has 0 unspecified atom stereocenters. The minimum absolute atomic E-state index is 0.0438. The second-order valence-corrected chi connectivity index (χ2v) is 6.15. The van der Waals surface area contributed by atoms with E-state index >= 15 is 0 Å². The van der Waals surface area contributed by atoms with Crippen LogP contribution in [-0.2, 0) is 9.53 Å². The third kappa shape index (κ3) is 4.73. The first-order chi connectivity index (χ1) is 8.89. The van der Waals surface area contributed by atoms with E-state index in [1.165, 1.54) is 6.42 Å². The number of carbonyl (C=O) groups is 1. The maximum absolute atomic E-state index is 11.9. The molecule has 0 atom stereocenters. The Kier molecular flexibility index (Phi) is 6.20. The van der Waals surface area contributed by atoms with Gasteiger partial charge in [0.1, 0.15) is 6.61 Å². The molecule has 1 amide bonds. The van der Waals surface area contributed by atoms with Crippen molar-refractivity contribution in [1.29, 1.82) is 0 Å². The van der Waals surface area contributed by atoms with Gasteiger partial charge in [0, 0.05) is 0 Å². The van der Waals surface area contributed by atoms with Gasteiger partial charge in [0.2, 0.25) is 5.91 Å². The van der Waals surface area contributed by atoms with Crippen molar-refractivity contribution >= 4 is 23.1 Å². The number of amides is 1. The number of nitrogens with two attached hydrogens (primary N) is 1. The normalized spacial score (nSPS) is 27.3. The van der Waals surface area contributed by atoms with E-state index in [9.17, 15) is 4.79 Å². The van der Waals surface area contributed by atoms with Gasteiger partial charge in [-0.15, -0.1) is 0 Å². The lowest BCUT2D eigenvalue weighted by Gasteiger charge is -2.40. The Morgan fingerprint density at radius 2 is 2.05 bits per heavy atom. The maximum Gasteiger partial charge on any atom is 0.246 e. The summed E-state index contributed by atoms with van der Waals surface area (Å²) in [7, 11) is 0. The van der Waals surface area contributed by atoms with Crippen molar-refractivity contribution in [3.8, 4) is 0 Å². The molecule has 1 fully saturated rings. The van der Waals surface area contributed by atoms with E-state index in [0.29, 0.717) is 4.99 Å². The van der Waals surface area contributed by atoms with Crippen molar-refractivity contribution in [3.05, 3.63) is 0 Å². The van der Waals surface area contributed by atoms with Gasteiger partial charge < -0.3 is 15.8 Å². The van der Waals surface area contributed by atoms with Crippen LogP contribution in [-0.4, -0.2) is 29.1 Å². The van der Waals surface area contributed by atoms with Gasteiger partial charge in [-0.3, -0.25) is 4.79 Å². The van der Waals surface area contributed by atoms with Gasteiger partial charge in [0.25, 0.3) is 0 Å². The van der Waals surface area contributed by atoms with Crippen molar-refractivity contribution in [3.63, 3.8) is 0 Å². The molecule has 0 radical (unpaired) electrons. The molecule has 0 aromatic rings. The fourth-order valence-corrected chi connectivity index (χ4v) is 2.81. The molecule has 0 aromatic heterocycles. The Morgan fingerprint density at radius 1 is 1.47 bits per heavy atom. The standard InChI is InChI=1S/C14H26N2O2S/c1-4-11-5-7-14(8-6-11,13(15)19)16-12(17)9-18-10(2)3/h10-11H,4-9H2,1-3H3,(H2,15,19)(H,16,17). The van der Waals surface area contributed by atoms with Crippen LogP contribution in [0.5, 0.6) is 0 Å². The molecule has 0 heterocycles. The van der Waals surface area contributed by atoms with Crippen LogP contribution in [0.4, 0.5) is 0 Å². The molecule has 0 saturated heterocycles. The molecule has 1 saturated carbocycles. The number of nitrogens with one attached hydrogen (secondary N) is 1. The van der Waals surface area contributed by atoms with E-state index in [0.717, 1.165) is 31.6 Å². The van der Waals surface area contributed by atoms with Crippen LogP contribution >= 0.6 is 12.2 Å². The first-order valence-electron chi connectivity index (χ1n) is 7.12. The lowest BCUT2D eigenvalue weighted by atomic mass is 9.75. The van der Waals surface area contributed by atoms with E-state index in [-0.39, 0.29) is 18.6 Å². The van der Waals surface area contributed by atoms with Gasteiger partial charge in [0.15, 0.2) is 0 Å². The SMILES string of the molecule is CCC1CCC(NC(=O)COC(C)C)(C(N)=S)CC1. The van der Waals surface area contributed by atoms with E-state index in [2.05, 4.69) is 12.2 Å². The molecule has 1 rings (SSSR count). The first-order valence-corrected chi connectivity index (χ1v) is 7.53. The Balaban J connectivity index is 2.58. The molecule has 5 heteroatoms. The molecule has 0 aliphatic heterocycles. The predicted octanol–water partition coefficient (Wildman–Crippen LogP) is 2.15. The zero-order valence-electron chi connectivity index (χ0n) is 12.2. The molecular weight excluding hydrogens is 260 g/mol. The molecular formula is C14H26N2O2S. The summed E-state index contributed by atoms with van der Waals surface area (Å²) in [4.78, 5) is 12.3. The molecule has 110 valence electrons. The average Bonchev–Trinajstić information content (AvgIpc) is 2.37. The number of thiocarbonyl (C=S) groups is 1. The van der Waals surface area contributed by atoms with Crippen LogP contribution in [0.2, 0.25) is 0 Å². The predicted molar refractivity (Wildman–Crippen MR) is 81.0 cm³/mol. The number of hydrogen-bond donors (Lipinski definition) is 2. The second-order valence-electron chi connectivity index (χ2n) is 5.71. The van der Waals surface area contributed by atoms with E-state index in [1.807, 2.05) is 13.8 Å². The summed E-state index contributed by atoms with van der Waals surface area (Å²) < 4.78 is 5.32. The molecule has 0 aromatic carbocycles. The van der Waals surface area contributed by atoms with Gasteiger partial charge in [-0.05, 0) is 45.4 Å². The van der Waals surface area contributed by atoms with E-state index in [4.69, 9.17) is 22.7 Å². The first kappa shape index (κ1) is 16.4. The number of carbonyl (C=O) groups excluding carboxylic acids is 1. The number of hydrogen-bond acceptors (Lipinski definition) is 3. The Hall–Kier alpha value is -0.680. The smallest absolute Gasteiger partial charge is 0.246 e. The minimum atomic E-state index is -0.502. The molecule has 1 aliphatic rings. The van der Waals surface area contributed by atoms with Gasteiger partial charge in [-0.1, -0.05) is 25.6 Å². The molecule has 4 nitrogen and oxygen atoms in total. The van der Waals surface area contributed by atoms with Crippen LogP contribution in [0.1, 0.15) is 52.9 Å². The topological polar surface area (TPSA) is 64.3 Å². The van der Waals surface area contributed by atoms with Gasteiger partial charge in [-0.25, -0.2) is 0 Å². The third-order valence-corrected chi connectivity index (χ3v) is 4.32. The molecule has 1 aliphatic carbocycles. The van der Waals surface area contributed by atoms with E-state index < -0.39 is 5.54 Å². The number of rotatable bonds is 6. The monoisotopic (exact) mass is 286 g/mol. The largest absolute Gasteiger partial charge is 0.391 e. The summed E-state index contributed by atoms with van der Waals surface area (Å²) in [6.45, 7) is 6.08. The van der Waals surface area contributed by atoms with Gasteiger partial charge in [-0.2, -0.15) is 0 Å². The summed E-state index contributed by atoms with van der Waals surface area (Å²) in [5.41, 5.74) is 5.37. The van der Waals surface area contributed by atoms with Crippen LogP contribution in [0.15, 0.2) is 0 Å². The van der Waals surface area contributed by atoms with Crippen LogP contribution in [0.25, 0.3) is 0 Å². The zero-order valence-corrected chi connectivity index (χ0v) is 13.0. The second kappa shape index (κ2) is 7.20. The summed E-state index contributed by atoms with van der Waals surface area (Å²) in [5.74, 6) is 0.600. The summed E-state index contributed by atoms with van der Waals surface area (Å²) in [5, 5.41) is 3.00. The van der Waals surface area contributed by atoms with Crippen LogP contribution in [0.3, 0.4) is 0 Å². The van der Waals surface area contributed by atoms with Crippen molar-refractivity contribution in [2.24, 2.45) is 11.7 Å². The molecule has 3 N–H and O–H groups in total. The minimum Gasteiger partial charge on any atom is -0.391 e.